The topological polar surface area (TPSA) is 69.0 Å². The van der Waals surface area contributed by atoms with Gasteiger partial charge in [-0.25, -0.2) is 8.78 Å². The van der Waals surface area contributed by atoms with Gasteiger partial charge in [0.15, 0.2) is 11.0 Å². The molecule has 2 aromatic carbocycles. The summed E-state index contributed by atoms with van der Waals surface area (Å²) in [7, 11) is 0. The van der Waals surface area contributed by atoms with Crippen LogP contribution in [0.15, 0.2) is 53.7 Å². The number of thioether (sulfide) groups is 1. The molecule has 32 heavy (non-hydrogen) atoms. The standard InChI is InChI=1S/C23H26F2N4O2S/c1-15(2)11-12-29-21(14-31-18-7-5-4-6-8-18)27-28-23(29)32-16(3)22(30)26-20-10-9-17(24)13-19(20)25/h4-10,13,15-16H,11-12,14H2,1-3H3,(H,26,30). The molecule has 0 saturated heterocycles. The number of halogens is 2. The number of nitrogens with one attached hydrogen (secondary N) is 1. The molecule has 1 unspecified atom stereocenters. The average Bonchev–Trinajstić information content (AvgIpc) is 3.14. The summed E-state index contributed by atoms with van der Waals surface area (Å²) in [6, 6.07) is 12.5. The maximum atomic E-state index is 13.9. The molecule has 0 aliphatic carbocycles. The molecular formula is C23H26F2N4O2S. The quantitative estimate of drug-likeness (QED) is 0.416. The lowest BCUT2D eigenvalue weighted by Crippen LogP contribution is -2.23. The van der Waals surface area contributed by atoms with Gasteiger partial charge in [-0.2, -0.15) is 0 Å². The highest BCUT2D eigenvalue weighted by Crippen LogP contribution is 2.25. The van der Waals surface area contributed by atoms with Crippen LogP contribution in [-0.4, -0.2) is 25.9 Å². The van der Waals surface area contributed by atoms with Gasteiger partial charge in [0, 0.05) is 12.6 Å². The zero-order valence-corrected chi connectivity index (χ0v) is 19.0. The Morgan fingerprint density at radius 1 is 1.12 bits per heavy atom. The maximum absolute atomic E-state index is 13.9. The number of para-hydroxylation sites is 1. The fourth-order valence-corrected chi connectivity index (χ4v) is 3.72. The summed E-state index contributed by atoms with van der Waals surface area (Å²) in [5.41, 5.74) is -0.0675. The SMILES string of the molecule is CC(C)CCn1c(COc2ccccc2)nnc1SC(C)C(=O)Nc1ccc(F)cc1F. The first-order valence-corrected chi connectivity index (χ1v) is 11.2. The predicted molar refractivity (Wildman–Crippen MR) is 121 cm³/mol. The van der Waals surface area contributed by atoms with E-state index in [1.807, 2.05) is 34.9 Å². The molecule has 0 fully saturated rings. The molecule has 1 atom stereocenters. The van der Waals surface area contributed by atoms with Crippen molar-refractivity contribution in [1.29, 1.82) is 0 Å². The van der Waals surface area contributed by atoms with Gasteiger partial charge in [-0.1, -0.05) is 43.8 Å². The van der Waals surface area contributed by atoms with Crippen molar-refractivity contribution < 1.29 is 18.3 Å². The van der Waals surface area contributed by atoms with Gasteiger partial charge in [0.05, 0.1) is 10.9 Å². The molecule has 0 aliphatic rings. The van der Waals surface area contributed by atoms with Crippen molar-refractivity contribution in [2.45, 2.75) is 50.8 Å². The van der Waals surface area contributed by atoms with Crippen LogP contribution >= 0.6 is 11.8 Å². The molecule has 9 heteroatoms. The van der Waals surface area contributed by atoms with Crippen LogP contribution < -0.4 is 10.1 Å². The van der Waals surface area contributed by atoms with Crippen molar-refractivity contribution in [3.8, 4) is 5.75 Å². The Hall–Kier alpha value is -2.94. The Bertz CT molecular complexity index is 1040. The molecule has 0 spiro atoms. The third kappa shape index (κ3) is 6.53. The third-order valence-corrected chi connectivity index (χ3v) is 5.76. The number of carbonyl (C=O) groups excluding carboxylic acids is 1. The monoisotopic (exact) mass is 460 g/mol. The zero-order chi connectivity index (χ0) is 23.1. The Kier molecular flexibility index (Phi) is 8.21. The molecule has 1 N–H and O–H groups in total. The van der Waals surface area contributed by atoms with Crippen molar-refractivity contribution in [3.05, 3.63) is 66.0 Å². The molecular weight excluding hydrogens is 434 g/mol. The van der Waals surface area contributed by atoms with Crippen LogP contribution in [0.5, 0.6) is 5.75 Å². The van der Waals surface area contributed by atoms with E-state index in [-0.39, 0.29) is 12.3 Å². The lowest BCUT2D eigenvalue weighted by Gasteiger charge is -2.15. The van der Waals surface area contributed by atoms with Gasteiger partial charge in [-0.3, -0.25) is 4.79 Å². The Labute approximate surface area is 190 Å². The highest BCUT2D eigenvalue weighted by molar-refractivity contribution is 8.00. The fraction of sp³-hybridized carbons (Fsp3) is 0.348. The number of amides is 1. The second kappa shape index (κ2) is 11.1. The molecule has 3 rings (SSSR count). The van der Waals surface area contributed by atoms with Crippen LogP contribution in [0.3, 0.4) is 0 Å². The fourth-order valence-electron chi connectivity index (χ4n) is 2.83. The van der Waals surface area contributed by atoms with Crippen molar-refractivity contribution in [2.75, 3.05) is 5.32 Å². The average molecular weight is 461 g/mol. The number of nitrogens with zero attached hydrogens (tertiary/aromatic N) is 3. The Morgan fingerprint density at radius 3 is 2.56 bits per heavy atom. The van der Waals surface area contributed by atoms with Gasteiger partial charge in [0.25, 0.3) is 0 Å². The van der Waals surface area contributed by atoms with Crippen molar-refractivity contribution in [2.24, 2.45) is 5.92 Å². The van der Waals surface area contributed by atoms with Crippen LogP contribution in [0.2, 0.25) is 0 Å². The summed E-state index contributed by atoms with van der Waals surface area (Å²) in [6.45, 7) is 6.89. The van der Waals surface area contributed by atoms with E-state index in [1.54, 1.807) is 6.92 Å². The molecule has 0 bridgehead atoms. The van der Waals surface area contributed by atoms with Crippen molar-refractivity contribution >= 4 is 23.4 Å². The zero-order valence-electron chi connectivity index (χ0n) is 18.2. The second-order valence-corrected chi connectivity index (χ2v) is 9.02. The number of rotatable bonds is 10. The van der Waals surface area contributed by atoms with Crippen LogP contribution in [0.25, 0.3) is 0 Å². The molecule has 0 aliphatic heterocycles. The minimum absolute atomic E-state index is 0.0675. The van der Waals surface area contributed by atoms with Crippen LogP contribution in [0.4, 0.5) is 14.5 Å². The summed E-state index contributed by atoms with van der Waals surface area (Å²) in [6.07, 6.45) is 0.908. The van der Waals surface area contributed by atoms with Crippen LogP contribution in [0.1, 0.15) is 33.0 Å². The van der Waals surface area contributed by atoms with E-state index in [2.05, 4.69) is 29.4 Å². The van der Waals surface area contributed by atoms with E-state index in [1.165, 1.54) is 17.8 Å². The smallest absolute Gasteiger partial charge is 0.237 e. The van der Waals surface area contributed by atoms with E-state index >= 15 is 0 Å². The van der Waals surface area contributed by atoms with Gasteiger partial charge < -0.3 is 14.6 Å². The Balaban J connectivity index is 1.70. The minimum Gasteiger partial charge on any atom is -0.486 e. The second-order valence-electron chi connectivity index (χ2n) is 7.71. The first-order valence-electron chi connectivity index (χ1n) is 10.4. The largest absolute Gasteiger partial charge is 0.486 e. The number of ether oxygens (including phenoxy) is 1. The summed E-state index contributed by atoms with van der Waals surface area (Å²) in [5, 5.41) is 11.0. The van der Waals surface area contributed by atoms with Crippen LogP contribution in [0, 0.1) is 17.6 Å². The molecule has 3 aromatic rings. The number of hydrogen-bond donors (Lipinski definition) is 1. The molecule has 0 saturated carbocycles. The van der Waals surface area contributed by atoms with Gasteiger partial charge in [0.1, 0.15) is 24.0 Å². The summed E-state index contributed by atoms with van der Waals surface area (Å²) in [5.74, 6) is -0.0767. The number of anilines is 1. The number of aromatic nitrogens is 3. The summed E-state index contributed by atoms with van der Waals surface area (Å²) < 4.78 is 34.7. The molecule has 1 amide bonds. The van der Waals surface area contributed by atoms with Crippen molar-refractivity contribution in [1.82, 2.24) is 14.8 Å². The van der Waals surface area contributed by atoms with Crippen molar-refractivity contribution in [3.63, 3.8) is 0 Å². The predicted octanol–water partition coefficient (Wildman–Crippen LogP) is 5.30. The van der Waals surface area contributed by atoms with Crippen LogP contribution in [-0.2, 0) is 17.9 Å². The van der Waals surface area contributed by atoms with E-state index in [0.717, 1.165) is 24.3 Å². The first kappa shape index (κ1) is 23.7. The summed E-state index contributed by atoms with van der Waals surface area (Å²) in [4.78, 5) is 12.6. The van der Waals surface area contributed by atoms with Gasteiger partial charge >= 0.3 is 0 Å². The molecule has 170 valence electrons. The van der Waals surface area contributed by atoms with E-state index in [0.29, 0.717) is 23.4 Å². The third-order valence-electron chi connectivity index (χ3n) is 4.68. The lowest BCUT2D eigenvalue weighted by atomic mass is 10.1. The van der Waals surface area contributed by atoms with E-state index < -0.39 is 22.8 Å². The maximum Gasteiger partial charge on any atom is 0.237 e. The van der Waals surface area contributed by atoms with E-state index in [9.17, 15) is 13.6 Å². The Morgan fingerprint density at radius 2 is 1.88 bits per heavy atom. The minimum atomic E-state index is -0.823. The van der Waals surface area contributed by atoms with Gasteiger partial charge in [0.2, 0.25) is 5.91 Å². The van der Waals surface area contributed by atoms with E-state index in [4.69, 9.17) is 4.74 Å². The molecule has 1 heterocycles. The lowest BCUT2D eigenvalue weighted by molar-refractivity contribution is -0.115. The number of hydrogen-bond acceptors (Lipinski definition) is 5. The molecule has 6 nitrogen and oxygen atoms in total. The number of benzene rings is 2. The normalized spacial score (nSPS) is 12.1. The van der Waals surface area contributed by atoms with Gasteiger partial charge in [-0.05, 0) is 43.5 Å². The molecule has 1 aromatic heterocycles. The summed E-state index contributed by atoms with van der Waals surface area (Å²) >= 11 is 1.23. The molecule has 0 radical (unpaired) electrons. The van der Waals surface area contributed by atoms with Gasteiger partial charge in [-0.15, -0.1) is 10.2 Å². The first-order chi connectivity index (χ1) is 15.3. The highest BCUT2D eigenvalue weighted by atomic mass is 32.2. The number of carbonyl (C=O) groups is 1. The highest BCUT2D eigenvalue weighted by Gasteiger charge is 2.21.